The Labute approximate surface area is 164 Å². The molecule has 0 aliphatic heterocycles. The van der Waals surface area contributed by atoms with E-state index in [4.69, 9.17) is 4.74 Å². The summed E-state index contributed by atoms with van der Waals surface area (Å²) >= 11 is 1.08. The Kier molecular flexibility index (Phi) is 5.89. The predicted octanol–water partition coefficient (Wildman–Crippen LogP) is 2.15. The fraction of sp³-hybridized carbons (Fsp3) is 0.300. The first-order chi connectivity index (χ1) is 13.5. The molecule has 0 saturated carbocycles. The molecule has 0 spiro atoms. The summed E-state index contributed by atoms with van der Waals surface area (Å²) in [4.78, 5) is 49.7. The molecule has 1 aromatic carbocycles. The molecule has 0 unspecified atom stereocenters. The lowest BCUT2D eigenvalue weighted by Gasteiger charge is -2.10. The summed E-state index contributed by atoms with van der Waals surface area (Å²) in [6.07, 6.45) is 1.09. The minimum absolute atomic E-state index is 0.211. The quantitative estimate of drug-likeness (QED) is 0.448. The highest BCUT2D eigenvalue weighted by Crippen LogP contribution is 2.28. The van der Waals surface area contributed by atoms with Crippen LogP contribution in [0.5, 0.6) is 0 Å². The van der Waals surface area contributed by atoms with Gasteiger partial charge in [-0.05, 0) is 31.4 Å². The number of fused-ring (bicyclic) bond motifs is 1. The van der Waals surface area contributed by atoms with E-state index in [-0.39, 0.29) is 18.5 Å². The van der Waals surface area contributed by atoms with Crippen molar-refractivity contribution in [3.63, 3.8) is 0 Å². The number of esters is 1. The second-order valence-corrected chi connectivity index (χ2v) is 7.21. The van der Waals surface area contributed by atoms with E-state index < -0.39 is 17.2 Å². The molecular weight excluding hydrogens is 380 g/mol. The van der Waals surface area contributed by atoms with Crippen molar-refractivity contribution in [3.05, 3.63) is 67.2 Å². The molecule has 7 nitrogen and oxygen atoms in total. The summed E-state index contributed by atoms with van der Waals surface area (Å²) in [5.74, 6) is -0.524. The van der Waals surface area contributed by atoms with E-state index in [1.165, 1.54) is 4.57 Å². The second kappa shape index (κ2) is 8.35. The van der Waals surface area contributed by atoms with Crippen LogP contribution < -0.4 is 11.2 Å². The van der Waals surface area contributed by atoms with E-state index in [9.17, 15) is 19.2 Å². The van der Waals surface area contributed by atoms with Crippen molar-refractivity contribution in [2.45, 2.75) is 33.4 Å². The third-order valence-corrected chi connectivity index (χ3v) is 5.77. The minimum atomic E-state index is -0.563. The van der Waals surface area contributed by atoms with E-state index in [1.54, 1.807) is 13.8 Å². The number of aldehydes is 1. The van der Waals surface area contributed by atoms with Gasteiger partial charge < -0.3 is 9.53 Å². The van der Waals surface area contributed by atoms with E-state index in [1.807, 2.05) is 30.3 Å². The van der Waals surface area contributed by atoms with Gasteiger partial charge in [0.15, 0.2) is 0 Å². The van der Waals surface area contributed by atoms with Crippen LogP contribution in [0.2, 0.25) is 0 Å². The van der Waals surface area contributed by atoms with Gasteiger partial charge in [-0.15, -0.1) is 11.3 Å². The Hall–Kier alpha value is -3.00. The molecular formula is C20H20N2O5S. The number of hydrogen-bond donors (Lipinski definition) is 0. The smallest absolute Gasteiger partial charge is 0.348 e. The molecule has 0 amide bonds. The van der Waals surface area contributed by atoms with Crippen LogP contribution in [-0.4, -0.2) is 28.0 Å². The maximum atomic E-state index is 12.9. The minimum Gasteiger partial charge on any atom is -0.462 e. The van der Waals surface area contributed by atoms with Crippen molar-refractivity contribution in [2.24, 2.45) is 0 Å². The van der Waals surface area contributed by atoms with E-state index in [0.717, 1.165) is 21.5 Å². The number of aryl methyl sites for hydroxylation is 3. The van der Waals surface area contributed by atoms with Crippen molar-refractivity contribution in [1.29, 1.82) is 0 Å². The molecule has 0 fully saturated rings. The first-order valence-corrected chi connectivity index (χ1v) is 9.72. The number of aromatic nitrogens is 2. The van der Waals surface area contributed by atoms with Crippen molar-refractivity contribution >= 4 is 33.8 Å². The van der Waals surface area contributed by atoms with E-state index in [0.29, 0.717) is 34.5 Å². The van der Waals surface area contributed by atoms with Gasteiger partial charge in [-0.25, -0.2) is 9.59 Å². The first-order valence-electron chi connectivity index (χ1n) is 8.91. The zero-order valence-corrected chi connectivity index (χ0v) is 16.5. The van der Waals surface area contributed by atoms with Crippen molar-refractivity contribution in [3.8, 4) is 0 Å². The maximum Gasteiger partial charge on any atom is 0.348 e. The summed E-state index contributed by atoms with van der Waals surface area (Å²) in [6.45, 7) is 3.56. The molecule has 28 heavy (non-hydrogen) atoms. The number of benzene rings is 1. The standard InChI is InChI=1S/C20H20N2O5S/c1-3-27-19(25)16-13(2)15-17(24)21(11-12-23)20(26)22(18(15)28-16)10-9-14-7-5-4-6-8-14/h4-8,12H,3,9-11H2,1-2H3. The SMILES string of the molecule is CCOC(=O)c1sc2c(c1C)c(=O)n(CC=O)c(=O)n2CCc1ccccc1. The Morgan fingerprint density at radius 3 is 2.54 bits per heavy atom. The molecule has 0 bridgehead atoms. The number of rotatable bonds is 7. The summed E-state index contributed by atoms with van der Waals surface area (Å²) in [6, 6.07) is 9.64. The highest BCUT2D eigenvalue weighted by Gasteiger charge is 2.23. The van der Waals surface area contributed by atoms with Gasteiger partial charge in [-0.2, -0.15) is 0 Å². The highest BCUT2D eigenvalue weighted by molar-refractivity contribution is 7.20. The number of carbonyl (C=O) groups excluding carboxylic acids is 2. The van der Waals surface area contributed by atoms with Crippen LogP contribution in [0.25, 0.3) is 10.2 Å². The number of nitrogens with zero attached hydrogens (tertiary/aromatic N) is 2. The topological polar surface area (TPSA) is 87.4 Å². The zero-order chi connectivity index (χ0) is 20.3. The normalized spacial score (nSPS) is 10.9. The van der Waals surface area contributed by atoms with Gasteiger partial charge in [0, 0.05) is 6.54 Å². The third-order valence-electron chi connectivity index (χ3n) is 4.48. The van der Waals surface area contributed by atoms with Gasteiger partial charge in [0.05, 0.1) is 18.5 Å². The van der Waals surface area contributed by atoms with Crippen molar-refractivity contribution < 1.29 is 14.3 Å². The molecule has 3 rings (SSSR count). The van der Waals surface area contributed by atoms with Crippen LogP contribution >= 0.6 is 11.3 Å². The van der Waals surface area contributed by atoms with Crippen LogP contribution in [0.15, 0.2) is 39.9 Å². The molecule has 2 aromatic heterocycles. The number of carbonyl (C=O) groups is 2. The Morgan fingerprint density at radius 1 is 1.18 bits per heavy atom. The fourth-order valence-electron chi connectivity index (χ4n) is 3.10. The maximum absolute atomic E-state index is 12.9. The largest absolute Gasteiger partial charge is 0.462 e. The Morgan fingerprint density at radius 2 is 1.89 bits per heavy atom. The Balaban J connectivity index is 2.21. The van der Waals surface area contributed by atoms with Crippen LogP contribution in [0.4, 0.5) is 0 Å². The fourth-order valence-corrected chi connectivity index (χ4v) is 4.32. The lowest BCUT2D eigenvalue weighted by atomic mass is 10.1. The second-order valence-electron chi connectivity index (χ2n) is 6.21. The summed E-state index contributed by atoms with van der Waals surface area (Å²) < 4.78 is 7.45. The summed E-state index contributed by atoms with van der Waals surface area (Å²) in [7, 11) is 0. The van der Waals surface area contributed by atoms with Gasteiger partial charge in [0.25, 0.3) is 5.56 Å². The molecule has 0 atom stereocenters. The van der Waals surface area contributed by atoms with Crippen LogP contribution in [0.3, 0.4) is 0 Å². The van der Waals surface area contributed by atoms with Gasteiger partial charge in [-0.1, -0.05) is 30.3 Å². The molecule has 0 N–H and O–H groups in total. The van der Waals surface area contributed by atoms with Crippen LogP contribution in [0.1, 0.15) is 27.7 Å². The van der Waals surface area contributed by atoms with Gasteiger partial charge >= 0.3 is 11.7 Å². The van der Waals surface area contributed by atoms with Gasteiger partial charge in [0.2, 0.25) is 0 Å². The summed E-state index contributed by atoms with van der Waals surface area (Å²) in [5, 5.41) is 0.280. The van der Waals surface area contributed by atoms with Crippen molar-refractivity contribution in [1.82, 2.24) is 9.13 Å². The molecule has 146 valence electrons. The zero-order valence-electron chi connectivity index (χ0n) is 15.6. The average Bonchev–Trinajstić information content (AvgIpc) is 3.03. The molecule has 0 aliphatic carbocycles. The van der Waals surface area contributed by atoms with Crippen LogP contribution in [-0.2, 0) is 29.0 Å². The monoisotopic (exact) mass is 400 g/mol. The van der Waals surface area contributed by atoms with Crippen molar-refractivity contribution in [2.75, 3.05) is 6.61 Å². The molecule has 0 radical (unpaired) electrons. The van der Waals surface area contributed by atoms with Gasteiger partial charge in [-0.3, -0.25) is 13.9 Å². The predicted molar refractivity (Wildman–Crippen MR) is 107 cm³/mol. The van der Waals surface area contributed by atoms with E-state index in [2.05, 4.69) is 0 Å². The summed E-state index contributed by atoms with van der Waals surface area (Å²) in [5.41, 5.74) is 0.385. The highest BCUT2D eigenvalue weighted by atomic mass is 32.1. The molecule has 2 heterocycles. The molecule has 8 heteroatoms. The average molecular weight is 400 g/mol. The lowest BCUT2D eigenvalue weighted by Crippen LogP contribution is -2.40. The number of thiophene rings is 1. The van der Waals surface area contributed by atoms with Gasteiger partial charge in [0.1, 0.15) is 16.0 Å². The Bertz CT molecular complexity index is 1140. The molecule has 3 aromatic rings. The lowest BCUT2D eigenvalue weighted by molar-refractivity contribution is -0.108. The number of ether oxygens (including phenoxy) is 1. The number of hydrogen-bond acceptors (Lipinski definition) is 6. The van der Waals surface area contributed by atoms with E-state index >= 15 is 0 Å². The molecule has 0 saturated heterocycles. The first kappa shape index (κ1) is 19.8. The molecule has 0 aliphatic rings. The van der Waals surface area contributed by atoms with Crippen LogP contribution in [0, 0.1) is 6.92 Å². The third kappa shape index (κ3) is 3.55.